The normalized spacial score (nSPS) is 14.2. The predicted octanol–water partition coefficient (Wildman–Crippen LogP) is 3.52. The minimum Gasteiger partial charge on any atom is -0.334 e. The number of urea groups is 1. The Balaban J connectivity index is 1.40. The summed E-state index contributed by atoms with van der Waals surface area (Å²) in [5.74, 6) is 0. The molecule has 0 saturated carbocycles. The maximum absolute atomic E-state index is 12.9. The van der Waals surface area contributed by atoms with Gasteiger partial charge in [-0.15, -0.1) is 0 Å². The molecule has 0 saturated heterocycles. The molecule has 2 amide bonds. The molecule has 7 nitrogen and oxygen atoms in total. The van der Waals surface area contributed by atoms with Gasteiger partial charge in [-0.3, -0.25) is 5.32 Å². The Hall–Kier alpha value is -2.75. The Morgan fingerprint density at radius 1 is 1.13 bits per heavy atom. The average Bonchev–Trinajstić information content (AvgIpc) is 3.14. The van der Waals surface area contributed by atoms with Gasteiger partial charge in [-0.2, -0.15) is 4.31 Å². The smallest absolute Gasteiger partial charge is 0.321 e. The molecule has 0 aliphatic carbocycles. The second-order valence-corrected chi connectivity index (χ2v) is 10.1. The van der Waals surface area contributed by atoms with Crippen LogP contribution in [0, 0.1) is 6.92 Å². The van der Waals surface area contributed by atoms with Gasteiger partial charge >= 0.3 is 6.03 Å². The number of nitrogens with zero attached hydrogens (tertiary/aromatic N) is 2. The van der Waals surface area contributed by atoms with Gasteiger partial charge in [0.1, 0.15) is 0 Å². The highest BCUT2D eigenvalue weighted by molar-refractivity contribution is 7.89. The van der Waals surface area contributed by atoms with Crippen molar-refractivity contribution in [3.05, 3.63) is 76.3 Å². The van der Waals surface area contributed by atoms with Crippen molar-refractivity contribution in [3.8, 4) is 0 Å². The Morgan fingerprint density at radius 2 is 1.87 bits per heavy atom. The SMILES string of the molecule is Cc1ccc(S(=O)(=O)N2CCc3nc(NC(=O)NCc4ccccc4)sc3C2)cc1. The molecule has 0 spiro atoms. The zero-order valence-electron chi connectivity index (χ0n) is 16.5. The molecule has 0 radical (unpaired) electrons. The maximum Gasteiger partial charge on any atom is 0.321 e. The lowest BCUT2D eigenvalue weighted by atomic mass is 10.2. The first-order chi connectivity index (χ1) is 14.4. The number of thiazole rings is 1. The van der Waals surface area contributed by atoms with Crippen LogP contribution in [0.4, 0.5) is 9.93 Å². The monoisotopic (exact) mass is 442 g/mol. The van der Waals surface area contributed by atoms with Crippen LogP contribution in [-0.2, 0) is 29.5 Å². The lowest BCUT2D eigenvalue weighted by Gasteiger charge is -2.25. The molecule has 9 heteroatoms. The van der Waals surface area contributed by atoms with Crippen LogP contribution >= 0.6 is 11.3 Å². The Kier molecular flexibility index (Phi) is 5.85. The Morgan fingerprint density at radius 3 is 2.60 bits per heavy atom. The molecule has 156 valence electrons. The lowest BCUT2D eigenvalue weighted by Crippen LogP contribution is -2.35. The third-order valence-corrected chi connectivity index (χ3v) is 7.73. The van der Waals surface area contributed by atoms with E-state index in [2.05, 4.69) is 15.6 Å². The molecule has 2 aromatic carbocycles. The Bertz CT molecular complexity index is 1140. The summed E-state index contributed by atoms with van der Waals surface area (Å²) in [6, 6.07) is 16.2. The highest BCUT2D eigenvalue weighted by Crippen LogP contribution is 2.31. The van der Waals surface area contributed by atoms with Gasteiger partial charge in [-0.25, -0.2) is 18.2 Å². The van der Waals surface area contributed by atoms with Crippen LogP contribution < -0.4 is 10.6 Å². The zero-order valence-corrected chi connectivity index (χ0v) is 18.1. The van der Waals surface area contributed by atoms with Gasteiger partial charge < -0.3 is 5.32 Å². The number of benzene rings is 2. The van der Waals surface area contributed by atoms with E-state index in [1.165, 1.54) is 15.6 Å². The van der Waals surface area contributed by atoms with E-state index in [0.717, 1.165) is 21.7 Å². The summed E-state index contributed by atoms with van der Waals surface area (Å²) in [6.45, 7) is 2.97. The molecular weight excluding hydrogens is 420 g/mol. The van der Waals surface area contributed by atoms with E-state index in [0.29, 0.717) is 29.5 Å². The minimum absolute atomic E-state index is 0.260. The van der Waals surface area contributed by atoms with Gasteiger partial charge in [-0.05, 0) is 24.6 Å². The molecule has 0 unspecified atom stereocenters. The number of sulfonamides is 1. The van der Waals surface area contributed by atoms with Crippen molar-refractivity contribution in [3.63, 3.8) is 0 Å². The molecule has 30 heavy (non-hydrogen) atoms. The van der Waals surface area contributed by atoms with E-state index in [1.54, 1.807) is 24.3 Å². The molecule has 0 fully saturated rings. The number of amides is 2. The van der Waals surface area contributed by atoms with Crippen LogP contribution in [0.5, 0.6) is 0 Å². The summed E-state index contributed by atoms with van der Waals surface area (Å²) >= 11 is 1.31. The van der Waals surface area contributed by atoms with Gasteiger partial charge in [0, 0.05) is 24.4 Å². The van der Waals surface area contributed by atoms with Gasteiger partial charge in [0.15, 0.2) is 5.13 Å². The summed E-state index contributed by atoms with van der Waals surface area (Å²) in [7, 11) is -3.56. The van der Waals surface area contributed by atoms with Crippen LogP contribution in [0.25, 0.3) is 0 Å². The van der Waals surface area contributed by atoms with E-state index < -0.39 is 10.0 Å². The van der Waals surface area contributed by atoms with E-state index in [1.807, 2.05) is 37.3 Å². The highest BCUT2D eigenvalue weighted by atomic mass is 32.2. The number of aromatic nitrogens is 1. The number of rotatable bonds is 5. The minimum atomic E-state index is -3.56. The van der Waals surface area contributed by atoms with Crippen molar-refractivity contribution in [2.45, 2.75) is 31.3 Å². The van der Waals surface area contributed by atoms with E-state index in [-0.39, 0.29) is 12.6 Å². The van der Waals surface area contributed by atoms with Crippen molar-refractivity contribution in [2.75, 3.05) is 11.9 Å². The fourth-order valence-electron chi connectivity index (χ4n) is 3.21. The molecular formula is C21H22N4O3S2. The molecule has 1 aliphatic rings. The van der Waals surface area contributed by atoms with Gasteiger partial charge in [0.05, 0.1) is 17.1 Å². The first kappa shape index (κ1) is 20.5. The number of hydrogen-bond donors (Lipinski definition) is 2. The molecule has 2 N–H and O–H groups in total. The predicted molar refractivity (Wildman–Crippen MR) is 117 cm³/mol. The van der Waals surface area contributed by atoms with E-state index in [9.17, 15) is 13.2 Å². The summed E-state index contributed by atoms with van der Waals surface area (Å²) in [4.78, 5) is 17.8. The first-order valence-corrected chi connectivity index (χ1v) is 11.8. The van der Waals surface area contributed by atoms with Crippen LogP contribution in [0.2, 0.25) is 0 Å². The summed E-state index contributed by atoms with van der Waals surface area (Å²) < 4.78 is 27.4. The number of fused-ring (bicyclic) bond motifs is 1. The molecule has 1 aliphatic heterocycles. The first-order valence-electron chi connectivity index (χ1n) is 9.56. The highest BCUT2D eigenvalue weighted by Gasteiger charge is 2.30. The van der Waals surface area contributed by atoms with E-state index in [4.69, 9.17) is 0 Å². The number of carbonyl (C=O) groups is 1. The third-order valence-electron chi connectivity index (χ3n) is 4.87. The number of carbonyl (C=O) groups excluding carboxylic acids is 1. The number of nitrogens with one attached hydrogen (secondary N) is 2. The molecule has 0 bridgehead atoms. The zero-order chi connectivity index (χ0) is 21.1. The summed E-state index contributed by atoms with van der Waals surface area (Å²) in [5.41, 5.74) is 2.86. The van der Waals surface area contributed by atoms with Crippen molar-refractivity contribution in [1.82, 2.24) is 14.6 Å². The average molecular weight is 443 g/mol. The topological polar surface area (TPSA) is 91.4 Å². The summed E-state index contributed by atoms with van der Waals surface area (Å²) in [5, 5.41) is 6.02. The van der Waals surface area contributed by atoms with Crippen molar-refractivity contribution < 1.29 is 13.2 Å². The van der Waals surface area contributed by atoms with Crippen molar-refractivity contribution >= 4 is 32.5 Å². The van der Waals surface area contributed by atoms with Gasteiger partial charge in [0.2, 0.25) is 10.0 Å². The van der Waals surface area contributed by atoms with Crippen molar-refractivity contribution in [2.24, 2.45) is 0 Å². The largest absolute Gasteiger partial charge is 0.334 e. The molecule has 2 heterocycles. The standard InChI is InChI=1S/C21H22N4O3S2/c1-15-7-9-17(10-8-15)30(27,28)25-12-11-18-19(14-25)29-21(23-18)24-20(26)22-13-16-5-3-2-4-6-16/h2-10H,11-14H2,1H3,(H2,22,23,24,26). The maximum atomic E-state index is 12.9. The van der Waals surface area contributed by atoms with Gasteiger partial charge in [-0.1, -0.05) is 59.4 Å². The number of aryl methyl sites for hydroxylation is 1. The van der Waals surface area contributed by atoms with Crippen molar-refractivity contribution in [1.29, 1.82) is 0 Å². The second-order valence-electron chi connectivity index (χ2n) is 7.08. The molecule has 0 atom stereocenters. The van der Waals surface area contributed by atoms with Crippen LogP contribution in [-0.4, -0.2) is 30.3 Å². The summed E-state index contributed by atoms with van der Waals surface area (Å²) in [6.07, 6.45) is 0.518. The van der Waals surface area contributed by atoms with Crippen LogP contribution in [0.3, 0.4) is 0 Å². The number of hydrogen-bond acceptors (Lipinski definition) is 5. The quantitative estimate of drug-likeness (QED) is 0.632. The number of anilines is 1. The van der Waals surface area contributed by atoms with Crippen LogP contribution in [0.15, 0.2) is 59.5 Å². The molecule has 3 aromatic rings. The second kappa shape index (κ2) is 8.55. The third kappa shape index (κ3) is 4.53. The fourth-order valence-corrected chi connectivity index (χ4v) is 5.72. The van der Waals surface area contributed by atoms with Gasteiger partial charge in [0.25, 0.3) is 0 Å². The van der Waals surface area contributed by atoms with Crippen LogP contribution in [0.1, 0.15) is 21.7 Å². The fraction of sp³-hybridized carbons (Fsp3) is 0.238. The molecule has 4 rings (SSSR count). The lowest BCUT2D eigenvalue weighted by molar-refractivity contribution is 0.251. The van der Waals surface area contributed by atoms with E-state index >= 15 is 0 Å². The molecule has 1 aromatic heterocycles. The Labute approximate surface area is 179 Å².